The number of aryl methyl sites for hydroxylation is 1. The van der Waals surface area contributed by atoms with Crippen molar-refractivity contribution in [2.45, 2.75) is 90.8 Å². The smallest absolute Gasteiger partial charge is 0.434 e. The molecule has 0 unspecified atom stereocenters. The first-order chi connectivity index (χ1) is 22.7. The van der Waals surface area contributed by atoms with Crippen molar-refractivity contribution < 1.29 is 37.0 Å². The van der Waals surface area contributed by atoms with Gasteiger partial charge in [-0.25, -0.2) is 19.3 Å². The molecule has 1 aromatic carbocycles. The van der Waals surface area contributed by atoms with Gasteiger partial charge >= 0.3 is 18.2 Å². The van der Waals surface area contributed by atoms with Gasteiger partial charge in [-0.05, 0) is 120 Å². The minimum absolute atomic E-state index is 0.0444. The van der Waals surface area contributed by atoms with Crippen molar-refractivity contribution in [2.75, 3.05) is 26.3 Å². The van der Waals surface area contributed by atoms with Crippen LogP contribution >= 0.6 is 0 Å². The summed E-state index contributed by atoms with van der Waals surface area (Å²) < 4.78 is 59.7. The van der Waals surface area contributed by atoms with Crippen LogP contribution in [0.3, 0.4) is 0 Å². The number of halogens is 3. The molecule has 0 spiro atoms. The number of carbonyl (C=O) groups excluding carboxylic acids is 2. The zero-order valence-corrected chi connectivity index (χ0v) is 28.2. The molecule has 1 aliphatic heterocycles. The van der Waals surface area contributed by atoms with E-state index in [1.54, 1.807) is 17.0 Å². The Morgan fingerprint density at radius 1 is 1.02 bits per heavy atom. The van der Waals surface area contributed by atoms with Gasteiger partial charge in [0.1, 0.15) is 23.5 Å². The fourth-order valence-electron chi connectivity index (χ4n) is 6.27. The van der Waals surface area contributed by atoms with Gasteiger partial charge in [-0.2, -0.15) is 18.3 Å². The summed E-state index contributed by atoms with van der Waals surface area (Å²) >= 11 is 0. The summed E-state index contributed by atoms with van der Waals surface area (Å²) in [5.41, 5.74) is 2.37. The lowest BCUT2D eigenvalue weighted by Gasteiger charge is -2.33. The summed E-state index contributed by atoms with van der Waals surface area (Å²) in [5, 5.41) is 3.88. The summed E-state index contributed by atoms with van der Waals surface area (Å²) in [5.74, 6) is -0.0315. The van der Waals surface area contributed by atoms with E-state index in [0.29, 0.717) is 42.4 Å². The first-order valence-electron chi connectivity index (χ1n) is 16.5. The second-order valence-electron chi connectivity index (χ2n) is 13.3. The van der Waals surface area contributed by atoms with Gasteiger partial charge in [-0.1, -0.05) is 18.2 Å². The topological polar surface area (TPSA) is 95.8 Å². The van der Waals surface area contributed by atoms with E-state index in [2.05, 4.69) is 22.2 Å². The van der Waals surface area contributed by atoms with Crippen LogP contribution in [0.25, 0.3) is 11.4 Å². The Kier molecular flexibility index (Phi) is 10.5. The number of pyridine rings is 1. The summed E-state index contributed by atoms with van der Waals surface area (Å²) in [6, 6.07) is 11.1. The van der Waals surface area contributed by atoms with E-state index in [1.165, 1.54) is 18.6 Å². The lowest BCUT2D eigenvalue weighted by molar-refractivity contribution is -0.143. The average Bonchev–Trinajstić information content (AvgIpc) is 3.51. The number of hydrogen-bond donors (Lipinski definition) is 0. The molecular formula is C36H43F3N4O5. The van der Waals surface area contributed by atoms with Crippen molar-refractivity contribution in [3.05, 3.63) is 76.2 Å². The first kappa shape index (κ1) is 35.0. The molecule has 5 rings (SSSR count). The Labute approximate surface area is 279 Å². The van der Waals surface area contributed by atoms with E-state index in [-0.39, 0.29) is 18.5 Å². The van der Waals surface area contributed by atoms with Gasteiger partial charge in [0.2, 0.25) is 0 Å². The van der Waals surface area contributed by atoms with Crippen LogP contribution in [0.1, 0.15) is 105 Å². The van der Waals surface area contributed by atoms with Crippen LogP contribution in [0.2, 0.25) is 0 Å². The van der Waals surface area contributed by atoms with Gasteiger partial charge in [-0.15, -0.1) is 0 Å². The maximum absolute atomic E-state index is 14.1. The van der Waals surface area contributed by atoms with E-state index >= 15 is 0 Å². The first-order valence-corrected chi connectivity index (χ1v) is 16.5. The third kappa shape index (κ3) is 8.19. The Balaban J connectivity index is 1.30. The van der Waals surface area contributed by atoms with E-state index in [1.807, 2.05) is 33.8 Å². The molecule has 3 aromatic rings. The maximum atomic E-state index is 14.1. The highest BCUT2D eigenvalue weighted by atomic mass is 19.4. The molecule has 0 N–H and O–H groups in total. The number of benzene rings is 1. The SMILES string of the molecule is CCOC(=O)c1cnn(-c2cccc(C3=C(COc4ccc(C5CCN(C(=O)OC(C)(C)C)CC5)cc4C)CCCC3)n2)c1C(F)(F)F. The molecule has 1 aliphatic carbocycles. The minimum Gasteiger partial charge on any atom is -0.489 e. The molecule has 1 saturated heterocycles. The molecule has 2 aliphatic rings. The Bertz CT molecular complexity index is 1670. The summed E-state index contributed by atoms with van der Waals surface area (Å²) in [6.07, 6.45) is 0.859. The van der Waals surface area contributed by atoms with Crippen LogP contribution in [-0.4, -0.2) is 63.6 Å². The monoisotopic (exact) mass is 668 g/mol. The van der Waals surface area contributed by atoms with Gasteiger partial charge < -0.3 is 19.1 Å². The van der Waals surface area contributed by atoms with Crippen molar-refractivity contribution in [1.29, 1.82) is 0 Å². The molecule has 258 valence electrons. The standard InChI is InChI=1S/C36H43F3N4O5/c1-6-46-33(44)28-21-40-43(32(28)36(37,38)39)31-13-9-12-29(41-31)27-11-8-7-10-26(27)22-47-30-15-14-25(20-23(30)2)24-16-18-42(19-17-24)34(45)48-35(3,4)5/h9,12-15,20-21,24H,6-8,10-11,16-19,22H2,1-5H3. The molecule has 12 heteroatoms. The number of amides is 1. The molecule has 2 aromatic heterocycles. The largest absolute Gasteiger partial charge is 0.489 e. The van der Waals surface area contributed by atoms with Crippen LogP contribution in [0, 0.1) is 6.92 Å². The number of rotatable bonds is 8. The third-order valence-corrected chi connectivity index (χ3v) is 8.59. The second kappa shape index (κ2) is 14.4. The molecule has 1 amide bonds. The van der Waals surface area contributed by atoms with Gasteiger partial charge in [-0.3, -0.25) is 0 Å². The van der Waals surface area contributed by atoms with Crippen LogP contribution in [0.5, 0.6) is 5.75 Å². The molecule has 9 nitrogen and oxygen atoms in total. The van der Waals surface area contributed by atoms with E-state index < -0.39 is 29.0 Å². The number of aromatic nitrogens is 3. The zero-order valence-electron chi connectivity index (χ0n) is 28.2. The van der Waals surface area contributed by atoms with Crippen LogP contribution in [-0.2, 0) is 15.7 Å². The van der Waals surface area contributed by atoms with E-state index in [4.69, 9.17) is 14.2 Å². The predicted molar refractivity (Wildman–Crippen MR) is 174 cm³/mol. The molecule has 0 bridgehead atoms. The summed E-state index contributed by atoms with van der Waals surface area (Å²) in [4.78, 5) is 31.1. The maximum Gasteiger partial charge on any atom is 0.434 e. The highest BCUT2D eigenvalue weighted by Crippen LogP contribution is 2.36. The molecule has 1 fully saturated rings. The number of carbonyl (C=O) groups is 2. The normalized spacial score (nSPS) is 16.2. The van der Waals surface area contributed by atoms with Gasteiger partial charge in [0.05, 0.1) is 18.5 Å². The quantitative estimate of drug-likeness (QED) is 0.223. The van der Waals surface area contributed by atoms with E-state index in [0.717, 1.165) is 60.8 Å². The predicted octanol–water partition coefficient (Wildman–Crippen LogP) is 8.29. The third-order valence-electron chi connectivity index (χ3n) is 8.59. The molecule has 0 saturated carbocycles. The van der Waals surface area contributed by atoms with Crippen molar-refractivity contribution in [2.24, 2.45) is 0 Å². The van der Waals surface area contributed by atoms with Crippen molar-refractivity contribution in [1.82, 2.24) is 19.7 Å². The number of alkyl halides is 3. The van der Waals surface area contributed by atoms with E-state index in [9.17, 15) is 22.8 Å². The van der Waals surface area contributed by atoms with Crippen molar-refractivity contribution >= 4 is 17.6 Å². The molecule has 0 atom stereocenters. The number of allylic oxidation sites excluding steroid dienone is 1. The van der Waals surface area contributed by atoms with Crippen LogP contribution < -0.4 is 4.74 Å². The number of piperidine rings is 1. The Hall–Kier alpha value is -4.35. The van der Waals surface area contributed by atoms with Crippen LogP contribution in [0.4, 0.5) is 18.0 Å². The fraction of sp³-hybridized carbons (Fsp3) is 0.500. The lowest BCUT2D eigenvalue weighted by Crippen LogP contribution is -2.41. The Morgan fingerprint density at radius 3 is 2.42 bits per heavy atom. The molecular weight excluding hydrogens is 625 g/mol. The summed E-state index contributed by atoms with van der Waals surface area (Å²) in [7, 11) is 0. The number of nitrogens with zero attached hydrogens (tertiary/aromatic N) is 4. The lowest BCUT2D eigenvalue weighted by atomic mass is 9.88. The fourth-order valence-corrected chi connectivity index (χ4v) is 6.27. The van der Waals surface area contributed by atoms with Gasteiger partial charge in [0, 0.05) is 13.1 Å². The number of ether oxygens (including phenoxy) is 3. The molecule has 48 heavy (non-hydrogen) atoms. The average molecular weight is 669 g/mol. The molecule has 0 radical (unpaired) electrons. The number of likely N-dealkylation sites (tertiary alicyclic amines) is 1. The van der Waals surface area contributed by atoms with Crippen molar-refractivity contribution in [3.8, 4) is 11.6 Å². The molecule has 3 heterocycles. The highest BCUT2D eigenvalue weighted by molar-refractivity contribution is 5.90. The van der Waals surface area contributed by atoms with Gasteiger partial charge in [0.25, 0.3) is 0 Å². The minimum atomic E-state index is -4.86. The summed E-state index contributed by atoms with van der Waals surface area (Å²) in [6.45, 7) is 10.7. The second-order valence-corrected chi connectivity index (χ2v) is 13.3. The van der Waals surface area contributed by atoms with Crippen LogP contribution in [0.15, 0.2) is 48.2 Å². The zero-order chi connectivity index (χ0) is 34.6. The highest BCUT2D eigenvalue weighted by Gasteiger charge is 2.41. The van der Waals surface area contributed by atoms with Gasteiger partial charge in [0.15, 0.2) is 11.5 Å². The Morgan fingerprint density at radius 2 is 1.75 bits per heavy atom. The number of hydrogen-bond acceptors (Lipinski definition) is 7. The van der Waals surface area contributed by atoms with Crippen molar-refractivity contribution in [3.63, 3.8) is 0 Å². The number of esters is 1.